The number of aryl methyl sites for hydroxylation is 1. The number of esters is 1. The van der Waals surface area contributed by atoms with E-state index in [0.717, 1.165) is 31.2 Å². The predicted octanol–water partition coefficient (Wildman–Crippen LogP) is 3.17. The van der Waals surface area contributed by atoms with Gasteiger partial charge in [-0.2, -0.15) is 0 Å². The SMILES string of the molecule is CCCCN(C(CCc1ccccc1)C(=O)OC)[C@@H]1CCC[C@@H]2SC[C@H](C(=O)O)N2C1=O. The maximum Gasteiger partial charge on any atom is 0.327 e. The summed E-state index contributed by atoms with van der Waals surface area (Å²) in [5, 5.41) is 9.58. The van der Waals surface area contributed by atoms with Crippen LogP contribution in [0.1, 0.15) is 51.0 Å². The summed E-state index contributed by atoms with van der Waals surface area (Å²) in [6.45, 7) is 2.68. The molecule has 1 aromatic rings. The zero-order valence-electron chi connectivity index (χ0n) is 18.9. The lowest BCUT2D eigenvalue weighted by Gasteiger charge is -2.38. The highest BCUT2D eigenvalue weighted by Gasteiger charge is 2.47. The zero-order chi connectivity index (χ0) is 23.1. The van der Waals surface area contributed by atoms with Gasteiger partial charge in [0.2, 0.25) is 5.91 Å². The number of benzene rings is 1. The molecule has 2 aliphatic heterocycles. The number of carbonyl (C=O) groups excluding carboxylic acids is 2. The summed E-state index contributed by atoms with van der Waals surface area (Å²) < 4.78 is 5.16. The predicted molar refractivity (Wildman–Crippen MR) is 124 cm³/mol. The van der Waals surface area contributed by atoms with E-state index in [4.69, 9.17) is 4.74 Å². The number of hydrogen-bond acceptors (Lipinski definition) is 6. The van der Waals surface area contributed by atoms with Gasteiger partial charge in [-0.05, 0) is 50.6 Å². The minimum atomic E-state index is -0.956. The zero-order valence-corrected chi connectivity index (χ0v) is 19.8. The number of thioether (sulfide) groups is 1. The Bertz CT molecular complexity index is 790. The van der Waals surface area contributed by atoms with E-state index < -0.39 is 24.1 Å². The van der Waals surface area contributed by atoms with E-state index in [2.05, 4.69) is 6.92 Å². The third-order valence-electron chi connectivity index (χ3n) is 6.44. The number of carboxylic acid groups (broad SMARTS) is 1. The molecule has 2 heterocycles. The number of methoxy groups -OCH3 is 1. The van der Waals surface area contributed by atoms with Gasteiger partial charge in [-0.1, -0.05) is 43.7 Å². The van der Waals surface area contributed by atoms with Crippen molar-refractivity contribution in [3.63, 3.8) is 0 Å². The molecule has 7 nitrogen and oxygen atoms in total. The summed E-state index contributed by atoms with van der Waals surface area (Å²) >= 11 is 1.55. The van der Waals surface area contributed by atoms with Crippen molar-refractivity contribution in [3.8, 4) is 0 Å². The maximum atomic E-state index is 13.7. The van der Waals surface area contributed by atoms with Gasteiger partial charge in [0.1, 0.15) is 12.1 Å². The van der Waals surface area contributed by atoms with Crippen LogP contribution in [0, 0.1) is 0 Å². The smallest absolute Gasteiger partial charge is 0.327 e. The van der Waals surface area contributed by atoms with Gasteiger partial charge in [0.25, 0.3) is 0 Å². The summed E-state index contributed by atoms with van der Waals surface area (Å²) in [4.78, 5) is 42.0. The molecule has 8 heteroatoms. The Morgan fingerprint density at radius 3 is 2.69 bits per heavy atom. The minimum Gasteiger partial charge on any atom is -0.480 e. The van der Waals surface area contributed by atoms with Crippen molar-refractivity contribution in [1.29, 1.82) is 0 Å². The van der Waals surface area contributed by atoms with Crippen LogP contribution in [0.3, 0.4) is 0 Å². The molecular formula is C24H34N2O5S. The van der Waals surface area contributed by atoms with Crippen molar-refractivity contribution in [2.24, 2.45) is 0 Å². The third kappa shape index (κ3) is 5.64. The second-order valence-electron chi connectivity index (χ2n) is 8.49. The van der Waals surface area contributed by atoms with Crippen molar-refractivity contribution in [3.05, 3.63) is 35.9 Å². The number of rotatable bonds is 10. The van der Waals surface area contributed by atoms with Gasteiger partial charge in [0.05, 0.1) is 18.5 Å². The van der Waals surface area contributed by atoms with Crippen molar-refractivity contribution < 1.29 is 24.2 Å². The molecule has 2 fully saturated rings. The summed E-state index contributed by atoms with van der Waals surface area (Å²) in [6.07, 6.45) is 5.26. The fourth-order valence-electron chi connectivity index (χ4n) is 4.73. The van der Waals surface area contributed by atoms with Gasteiger partial charge in [-0.25, -0.2) is 4.79 Å². The molecule has 2 aliphatic rings. The number of amides is 1. The lowest BCUT2D eigenvalue weighted by Crippen LogP contribution is -2.57. The molecule has 4 atom stereocenters. The second-order valence-corrected chi connectivity index (χ2v) is 9.70. The van der Waals surface area contributed by atoms with Gasteiger partial charge in [-0.3, -0.25) is 14.5 Å². The highest BCUT2D eigenvalue weighted by Crippen LogP contribution is 2.37. The first-order valence-electron chi connectivity index (χ1n) is 11.5. The fraction of sp³-hybridized carbons (Fsp3) is 0.625. The van der Waals surface area contributed by atoms with Crippen LogP contribution < -0.4 is 0 Å². The van der Waals surface area contributed by atoms with E-state index in [1.165, 1.54) is 7.11 Å². The summed E-state index contributed by atoms with van der Waals surface area (Å²) in [6, 6.07) is 8.13. The standard InChI is InChI=1S/C24H34N2O5S/c1-3-4-15-25(19(24(30)31-2)14-13-17-9-6-5-7-10-17)18-11-8-12-21-26(22(18)27)20(16-32-21)23(28)29/h5-7,9-10,18-21H,3-4,8,11-16H2,1-2H3,(H,28,29)/t18-,19?,20-,21+/m1/s1. The number of carbonyl (C=O) groups is 3. The number of ether oxygens (including phenoxy) is 1. The molecule has 0 spiro atoms. The Balaban J connectivity index is 1.87. The Labute approximate surface area is 194 Å². The number of aliphatic carboxylic acids is 1. The largest absolute Gasteiger partial charge is 0.480 e. The molecule has 1 unspecified atom stereocenters. The lowest BCUT2D eigenvalue weighted by molar-refractivity contribution is -0.155. The van der Waals surface area contributed by atoms with Crippen LogP contribution in [0.15, 0.2) is 30.3 Å². The highest BCUT2D eigenvalue weighted by molar-refractivity contribution is 8.00. The summed E-state index contributed by atoms with van der Waals surface area (Å²) in [7, 11) is 1.39. The number of unbranched alkanes of at least 4 members (excludes halogenated alkanes) is 1. The molecule has 176 valence electrons. The van der Waals surface area contributed by atoms with Crippen molar-refractivity contribution >= 4 is 29.6 Å². The van der Waals surface area contributed by atoms with Crippen LogP contribution in [-0.4, -0.2) is 75.7 Å². The molecule has 1 aromatic carbocycles. The number of fused-ring (bicyclic) bond motifs is 1. The van der Waals surface area contributed by atoms with E-state index in [1.807, 2.05) is 35.2 Å². The third-order valence-corrected chi connectivity index (χ3v) is 7.79. The van der Waals surface area contributed by atoms with E-state index in [9.17, 15) is 19.5 Å². The Morgan fingerprint density at radius 1 is 1.28 bits per heavy atom. The van der Waals surface area contributed by atoms with Crippen LogP contribution in [0.5, 0.6) is 0 Å². The first-order chi connectivity index (χ1) is 15.5. The fourth-order valence-corrected chi connectivity index (χ4v) is 6.19. The molecule has 1 N–H and O–H groups in total. The van der Waals surface area contributed by atoms with Crippen molar-refractivity contribution in [2.45, 2.75) is 75.4 Å². The number of carboxylic acids is 1. The normalized spacial score (nSPS) is 24.2. The molecule has 0 bridgehead atoms. The molecule has 2 saturated heterocycles. The van der Waals surface area contributed by atoms with E-state index in [1.54, 1.807) is 16.7 Å². The van der Waals surface area contributed by atoms with Crippen LogP contribution in [0.2, 0.25) is 0 Å². The molecule has 0 radical (unpaired) electrons. The average Bonchev–Trinajstić information content (AvgIpc) is 3.16. The number of hydrogen-bond donors (Lipinski definition) is 1. The molecule has 3 rings (SSSR count). The molecule has 32 heavy (non-hydrogen) atoms. The molecular weight excluding hydrogens is 428 g/mol. The molecule has 1 amide bonds. The van der Waals surface area contributed by atoms with Crippen LogP contribution in [0.25, 0.3) is 0 Å². The van der Waals surface area contributed by atoms with Gasteiger partial charge < -0.3 is 14.7 Å². The number of nitrogens with zero attached hydrogens (tertiary/aromatic N) is 2. The summed E-state index contributed by atoms with van der Waals surface area (Å²) in [5.41, 5.74) is 1.13. The monoisotopic (exact) mass is 462 g/mol. The summed E-state index contributed by atoms with van der Waals surface area (Å²) in [5.74, 6) is -1.03. The minimum absolute atomic E-state index is 0.0949. The topological polar surface area (TPSA) is 87.2 Å². The Kier molecular flexibility index (Phi) is 8.99. The first-order valence-corrected chi connectivity index (χ1v) is 12.6. The van der Waals surface area contributed by atoms with E-state index in [0.29, 0.717) is 31.6 Å². The Morgan fingerprint density at radius 2 is 2.03 bits per heavy atom. The van der Waals surface area contributed by atoms with Gasteiger partial charge in [0.15, 0.2) is 0 Å². The average molecular weight is 463 g/mol. The lowest BCUT2D eigenvalue weighted by atomic mass is 9.99. The van der Waals surface area contributed by atoms with Crippen LogP contribution >= 0.6 is 11.8 Å². The van der Waals surface area contributed by atoms with Gasteiger partial charge >= 0.3 is 11.9 Å². The van der Waals surface area contributed by atoms with Crippen LogP contribution in [0.4, 0.5) is 0 Å². The van der Waals surface area contributed by atoms with E-state index >= 15 is 0 Å². The van der Waals surface area contributed by atoms with Crippen molar-refractivity contribution in [1.82, 2.24) is 9.80 Å². The van der Waals surface area contributed by atoms with E-state index in [-0.39, 0.29) is 17.3 Å². The molecule has 0 saturated carbocycles. The van der Waals surface area contributed by atoms with Gasteiger partial charge in [0, 0.05) is 5.75 Å². The van der Waals surface area contributed by atoms with Gasteiger partial charge in [-0.15, -0.1) is 11.8 Å². The Hall–Kier alpha value is -2.06. The molecule has 0 aliphatic carbocycles. The highest BCUT2D eigenvalue weighted by atomic mass is 32.2. The quantitative estimate of drug-likeness (QED) is 0.535. The maximum absolute atomic E-state index is 13.7. The van der Waals surface area contributed by atoms with Crippen molar-refractivity contribution in [2.75, 3.05) is 19.4 Å². The molecule has 0 aromatic heterocycles. The first kappa shape index (κ1) is 24.6. The van der Waals surface area contributed by atoms with Crippen LogP contribution in [-0.2, 0) is 25.5 Å². The second kappa shape index (κ2) is 11.7.